The van der Waals surface area contributed by atoms with Gasteiger partial charge in [-0.2, -0.15) is 5.26 Å². The molecule has 1 atom stereocenters. The van der Waals surface area contributed by atoms with Crippen molar-refractivity contribution in [3.8, 4) is 23.3 Å². The van der Waals surface area contributed by atoms with Crippen molar-refractivity contribution >= 4 is 64.0 Å². The number of esters is 1. The van der Waals surface area contributed by atoms with Gasteiger partial charge in [0.1, 0.15) is 38.9 Å². The van der Waals surface area contributed by atoms with E-state index < -0.39 is 18.5 Å². The van der Waals surface area contributed by atoms with E-state index in [1.807, 2.05) is 0 Å². The molecule has 1 aromatic heterocycles. The van der Waals surface area contributed by atoms with Crippen LogP contribution in [0.1, 0.15) is 17.2 Å². The molecule has 0 saturated carbocycles. The molecule has 0 bridgehead atoms. The Morgan fingerprint density at radius 2 is 1.74 bits per heavy atom. The van der Waals surface area contributed by atoms with Gasteiger partial charge >= 0.3 is 5.97 Å². The molecule has 0 spiro atoms. The van der Waals surface area contributed by atoms with E-state index in [0.29, 0.717) is 17.1 Å². The maximum atomic E-state index is 12.4. The Kier molecular flexibility index (Phi) is 7.08. The van der Waals surface area contributed by atoms with Gasteiger partial charge in [-0.15, -0.1) is 0 Å². The second-order valence-electron chi connectivity index (χ2n) is 6.80. The number of allylic oxidation sites excluding steroid dienone is 1. The largest absolute Gasteiger partial charge is 0.479 e. The number of hydrogen-bond donors (Lipinski definition) is 1. The van der Waals surface area contributed by atoms with Gasteiger partial charge in [-0.05, 0) is 18.2 Å². The average molecular weight is 561 g/mol. The molecule has 1 aliphatic heterocycles. The van der Waals surface area contributed by atoms with Crippen LogP contribution in [0.15, 0.2) is 52.5 Å². The third kappa shape index (κ3) is 4.48. The van der Waals surface area contributed by atoms with Gasteiger partial charge < -0.3 is 24.4 Å². The molecule has 4 rings (SSSR count). The Balaban J connectivity index is 1.53. The molecule has 0 radical (unpaired) electrons. The highest BCUT2D eigenvalue weighted by Crippen LogP contribution is 2.48. The van der Waals surface area contributed by atoms with Crippen molar-refractivity contribution in [3.05, 3.63) is 84.5 Å². The quantitative estimate of drug-likeness (QED) is 0.159. The van der Waals surface area contributed by atoms with Gasteiger partial charge in [0.2, 0.25) is 5.88 Å². The number of nitrogens with two attached hydrogens (primary N) is 1. The van der Waals surface area contributed by atoms with Crippen molar-refractivity contribution in [2.75, 3.05) is 6.61 Å². The lowest BCUT2D eigenvalue weighted by atomic mass is 9.87. The first-order chi connectivity index (χ1) is 16.2. The number of hydrogen-bond acceptors (Lipinski definition) is 7. The Labute approximate surface area is 218 Å². The number of rotatable bonds is 5. The molecule has 2 N–H and O–H groups in total. The Hall–Kier alpha value is -2.73. The van der Waals surface area contributed by atoms with Crippen LogP contribution in [-0.2, 0) is 4.79 Å². The highest BCUT2D eigenvalue weighted by atomic mass is 35.5. The van der Waals surface area contributed by atoms with E-state index in [1.54, 1.807) is 18.2 Å². The van der Waals surface area contributed by atoms with Crippen LogP contribution < -0.4 is 19.9 Å². The van der Waals surface area contributed by atoms with Crippen molar-refractivity contribution in [2.45, 2.75) is 5.92 Å². The fourth-order valence-corrected chi connectivity index (χ4v) is 4.48. The summed E-state index contributed by atoms with van der Waals surface area (Å²) in [6.07, 6.45) is 1.49. The number of carbonyl (C=O) groups is 1. The van der Waals surface area contributed by atoms with Gasteiger partial charge in [-0.25, -0.2) is 4.79 Å². The molecule has 0 aliphatic carbocycles. The monoisotopic (exact) mass is 558 g/mol. The van der Waals surface area contributed by atoms with Gasteiger partial charge in [0.05, 0.1) is 27.2 Å². The SMILES string of the molecule is N#CC1=C(N)Oc2cc(OC(=O)COc3c(Cl)c(Cl)c(Cl)c(Cl)c3Cl)ccc2C1c1ccco1. The first-order valence-electron chi connectivity index (χ1n) is 9.32. The number of nitrogens with zero attached hydrogens (tertiary/aromatic N) is 1. The Morgan fingerprint density at radius 3 is 2.35 bits per heavy atom. The topological polar surface area (TPSA) is 108 Å². The van der Waals surface area contributed by atoms with Gasteiger partial charge in [0.15, 0.2) is 12.4 Å². The molecular formula is C22H11Cl5N2O5. The fourth-order valence-electron chi connectivity index (χ4n) is 3.25. The summed E-state index contributed by atoms with van der Waals surface area (Å²) in [4.78, 5) is 12.4. The van der Waals surface area contributed by atoms with E-state index >= 15 is 0 Å². The van der Waals surface area contributed by atoms with Crippen LogP contribution in [0.2, 0.25) is 25.1 Å². The summed E-state index contributed by atoms with van der Waals surface area (Å²) < 4.78 is 21.7. The van der Waals surface area contributed by atoms with Crippen LogP contribution in [0.25, 0.3) is 0 Å². The van der Waals surface area contributed by atoms with Crippen molar-refractivity contribution in [2.24, 2.45) is 5.73 Å². The summed E-state index contributed by atoms with van der Waals surface area (Å²) in [5.41, 5.74) is 6.75. The van der Waals surface area contributed by atoms with Crippen LogP contribution in [0.3, 0.4) is 0 Å². The van der Waals surface area contributed by atoms with Crippen molar-refractivity contribution in [1.82, 2.24) is 0 Å². The molecular weight excluding hydrogens is 550 g/mol. The molecule has 7 nitrogen and oxygen atoms in total. The van der Waals surface area contributed by atoms with Gasteiger partial charge in [-0.3, -0.25) is 0 Å². The third-order valence-corrected chi connectivity index (χ3v) is 7.00. The second kappa shape index (κ2) is 9.87. The molecule has 2 heterocycles. The zero-order chi connectivity index (χ0) is 24.6. The highest BCUT2D eigenvalue weighted by molar-refractivity contribution is 6.55. The molecule has 0 saturated heterocycles. The standard InChI is InChI=1S/C22H11Cl5N2O5/c23-16-17(24)19(26)21(20(27)18(16)25)32-8-14(30)33-9-3-4-10-13(6-9)34-22(29)11(7-28)15(10)12-2-1-5-31-12/h1-6,15H,8,29H2. The highest BCUT2D eigenvalue weighted by Gasteiger charge is 2.33. The van der Waals surface area contributed by atoms with E-state index in [4.69, 9.17) is 82.4 Å². The van der Waals surface area contributed by atoms with E-state index in [2.05, 4.69) is 6.07 Å². The third-order valence-electron chi connectivity index (χ3n) is 4.75. The van der Waals surface area contributed by atoms with Crippen molar-refractivity contribution < 1.29 is 23.4 Å². The van der Waals surface area contributed by atoms with Crippen LogP contribution in [0, 0.1) is 11.3 Å². The molecule has 12 heteroatoms. The zero-order valence-corrected chi connectivity index (χ0v) is 20.5. The molecule has 0 amide bonds. The molecule has 1 unspecified atom stereocenters. The molecule has 0 fully saturated rings. The minimum absolute atomic E-state index is 0.0388. The van der Waals surface area contributed by atoms with E-state index in [-0.39, 0.29) is 48.1 Å². The maximum absolute atomic E-state index is 12.4. The van der Waals surface area contributed by atoms with Crippen molar-refractivity contribution in [3.63, 3.8) is 0 Å². The van der Waals surface area contributed by atoms with Crippen LogP contribution in [-0.4, -0.2) is 12.6 Å². The van der Waals surface area contributed by atoms with Crippen molar-refractivity contribution in [1.29, 1.82) is 5.26 Å². The van der Waals surface area contributed by atoms with Crippen LogP contribution in [0.4, 0.5) is 0 Å². The number of carbonyl (C=O) groups excluding carboxylic acids is 1. The summed E-state index contributed by atoms with van der Waals surface area (Å²) in [5, 5.41) is 9.16. The fraction of sp³-hybridized carbons (Fsp3) is 0.0909. The maximum Gasteiger partial charge on any atom is 0.349 e. The first-order valence-corrected chi connectivity index (χ1v) is 11.2. The molecule has 2 aromatic carbocycles. The predicted molar refractivity (Wildman–Crippen MR) is 127 cm³/mol. The first kappa shape index (κ1) is 24.4. The number of fused-ring (bicyclic) bond motifs is 1. The molecule has 1 aliphatic rings. The second-order valence-corrected chi connectivity index (χ2v) is 8.69. The molecule has 34 heavy (non-hydrogen) atoms. The number of benzene rings is 2. The smallest absolute Gasteiger partial charge is 0.349 e. The predicted octanol–water partition coefficient (Wildman–Crippen LogP) is 6.75. The van der Waals surface area contributed by atoms with Gasteiger partial charge in [0.25, 0.3) is 0 Å². The minimum atomic E-state index is -0.783. The van der Waals surface area contributed by atoms with E-state index in [9.17, 15) is 10.1 Å². The lowest BCUT2D eigenvalue weighted by Crippen LogP contribution is -2.21. The zero-order valence-electron chi connectivity index (χ0n) is 16.7. The van der Waals surface area contributed by atoms with Gasteiger partial charge in [0, 0.05) is 11.6 Å². The number of ether oxygens (including phenoxy) is 3. The Bertz CT molecular complexity index is 1340. The van der Waals surface area contributed by atoms with Crippen LogP contribution in [0.5, 0.6) is 17.2 Å². The minimum Gasteiger partial charge on any atom is -0.479 e. The summed E-state index contributed by atoms with van der Waals surface area (Å²) in [7, 11) is 0. The summed E-state index contributed by atoms with van der Waals surface area (Å²) >= 11 is 30.1. The number of halogens is 5. The molecule has 174 valence electrons. The van der Waals surface area contributed by atoms with Gasteiger partial charge in [-0.1, -0.05) is 64.1 Å². The number of furan rings is 1. The number of nitriles is 1. The Morgan fingerprint density at radius 1 is 1.06 bits per heavy atom. The summed E-state index contributed by atoms with van der Waals surface area (Å²) in [5.74, 6) is -0.596. The van der Waals surface area contributed by atoms with Crippen LogP contribution >= 0.6 is 58.0 Å². The normalized spacial score (nSPS) is 14.8. The lowest BCUT2D eigenvalue weighted by molar-refractivity contribution is -0.136. The molecule has 3 aromatic rings. The average Bonchev–Trinajstić information content (AvgIpc) is 3.35. The summed E-state index contributed by atoms with van der Waals surface area (Å²) in [6, 6.07) is 10.1. The van der Waals surface area contributed by atoms with E-state index in [0.717, 1.165) is 0 Å². The summed E-state index contributed by atoms with van der Waals surface area (Å²) in [6.45, 7) is -0.568. The lowest BCUT2D eigenvalue weighted by Gasteiger charge is -2.25. The van der Waals surface area contributed by atoms with E-state index in [1.165, 1.54) is 18.4 Å².